The van der Waals surface area contributed by atoms with Crippen molar-refractivity contribution in [2.75, 3.05) is 0 Å². The summed E-state index contributed by atoms with van der Waals surface area (Å²) in [6.45, 7) is 5.11. The summed E-state index contributed by atoms with van der Waals surface area (Å²) in [5, 5.41) is 5.71. The highest BCUT2D eigenvalue weighted by Crippen LogP contribution is 2.42. The smallest absolute Gasteiger partial charge is 0.256 e. The number of aryl methyl sites for hydroxylation is 3. The molecule has 6 nitrogen and oxygen atoms in total. The van der Waals surface area contributed by atoms with Gasteiger partial charge >= 0.3 is 0 Å². The van der Waals surface area contributed by atoms with Crippen LogP contribution in [0.4, 0.5) is 0 Å². The van der Waals surface area contributed by atoms with Gasteiger partial charge in [-0.05, 0) is 43.5 Å². The van der Waals surface area contributed by atoms with Crippen LogP contribution < -0.4 is 5.73 Å². The van der Waals surface area contributed by atoms with E-state index in [9.17, 15) is 4.79 Å². The molecular weight excluding hydrogens is 409 g/mol. The van der Waals surface area contributed by atoms with Crippen molar-refractivity contribution < 1.29 is 4.79 Å². The maximum atomic E-state index is 13.4. The molecule has 2 aromatic heterocycles. The molecule has 0 saturated heterocycles. The zero-order chi connectivity index (χ0) is 20.9. The molecule has 3 heterocycles. The van der Waals surface area contributed by atoms with E-state index in [-0.39, 0.29) is 11.8 Å². The molecule has 152 valence electrons. The molecule has 4 rings (SSSR count). The SMILES string of the molecule is Cc1nc2c(c(C3CC=C(Cl)C=C3Cl)c1CN)C(=O)N(Cc1cc(C)n(C)n1)C2. The number of fused-ring (bicyclic) bond motifs is 1. The molecule has 0 saturated carbocycles. The van der Waals surface area contributed by atoms with Crippen LogP contribution >= 0.6 is 23.2 Å². The molecular formula is C21H23Cl2N5O. The summed E-state index contributed by atoms with van der Waals surface area (Å²) in [4.78, 5) is 19.9. The normalized spacial score (nSPS) is 18.8. The quantitative estimate of drug-likeness (QED) is 0.798. The lowest BCUT2D eigenvalue weighted by molar-refractivity contribution is 0.0763. The van der Waals surface area contributed by atoms with Crippen LogP contribution in [0.25, 0.3) is 0 Å². The van der Waals surface area contributed by atoms with Gasteiger partial charge in [-0.2, -0.15) is 5.10 Å². The van der Waals surface area contributed by atoms with Crippen molar-refractivity contribution in [3.05, 3.63) is 67.7 Å². The summed E-state index contributed by atoms with van der Waals surface area (Å²) in [6.07, 6.45) is 4.30. The maximum absolute atomic E-state index is 13.4. The number of hydrogen-bond donors (Lipinski definition) is 1. The number of nitrogens with two attached hydrogens (primary N) is 1. The molecule has 1 atom stereocenters. The molecule has 1 aliphatic heterocycles. The van der Waals surface area contributed by atoms with Crippen LogP contribution in [0.15, 0.2) is 28.3 Å². The molecule has 1 unspecified atom stereocenters. The first-order chi connectivity index (χ1) is 13.8. The first kappa shape index (κ1) is 20.1. The topological polar surface area (TPSA) is 77.0 Å². The predicted molar refractivity (Wildman–Crippen MR) is 114 cm³/mol. The van der Waals surface area contributed by atoms with Gasteiger partial charge in [0.15, 0.2) is 0 Å². The van der Waals surface area contributed by atoms with Crippen molar-refractivity contribution in [2.45, 2.75) is 45.8 Å². The zero-order valence-electron chi connectivity index (χ0n) is 16.7. The number of nitrogens with zero attached hydrogens (tertiary/aromatic N) is 4. The highest BCUT2D eigenvalue weighted by Gasteiger charge is 2.37. The minimum atomic E-state index is -0.144. The lowest BCUT2D eigenvalue weighted by Gasteiger charge is -2.24. The maximum Gasteiger partial charge on any atom is 0.256 e. The fourth-order valence-electron chi connectivity index (χ4n) is 4.16. The molecule has 0 aromatic carbocycles. The number of rotatable bonds is 4. The summed E-state index contributed by atoms with van der Waals surface area (Å²) < 4.78 is 1.81. The summed E-state index contributed by atoms with van der Waals surface area (Å²) in [5.74, 6) is -0.195. The van der Waals surface area contributed by atoms with Crippen molar-refractivity contribution in [1.29, 1.82) is 0 Å². The summed E-state index contributed by atoms with van der Waals surface area (Å²) >= 11 is 12.7. The molecule has 2 aliphatic rings. The van der Waals surface area contributed by atoms with Crippen molar-refractivity contribution in [2.24, 2.45) is 12.8 Å². The highest BCUT2D eigenvalue weighted by molar-refractivity contribution is 6.35. The van der Waals surface area contributed by atoms with E-state index in [1.807, 2.05) is 37.7 Å². The van der Waals surface area contributed by atoms with Crippen molar-refractivity contribution in [1.82, 2.24) is 19.7 Å². The van der Waals surface area contributed by atoms with Gasteiger partial charge in [0.1, 0.15) is 0 Å². The van der Waals surface area contributed by atoms with E-state index in [0.29, 0.717) is 41.7 Å². The molecule has 1 amide bonds. The molecule has 29 heavy (non-hydrogen) atoms. The Morgan fingerprint density at radius 1 is 1.31 bits per heavy atom. The molecule has 0 bridgehead atoms. The van der Waals surface area contributed by atoms with Crippen molar-refractivity contribution in [3.8, 4) is 0 Å². The van der Waals surface area contributed by atoms with E-state index in [1.165, 1.54) is 0 Å². The predicted octanol–water partition coefficient (Wildman–Crippen LogP) is 3.78. The Morgan fingerprint density at radius 3 is 2.69 bits per heavy atom. The molecule has 0 spiro atoms. The molecule has 8 heteroatoms. The number of hydrogen-bond acceptors (Lipinski definition) is 4. The first-order valence-electron chi connectivity index (χ1n) is 9.54. The van der Waals surface area contributed by atoms with Crippen LogP contribution in [-0.2, 0) is 26.7 Å². The second-order valence-electron chi connectivity index (χ2n) is 7.58. The lowest BCUT2D eigenvalue weighted by atomic mass is 9.84. The molecule has 0 fully saturated rings. The molecule has 1 aliphatic carbocycles. The standard InChI is InChI=1S/C21H23Cl2N5O/c1-11-6-14(26-27(11)3)9-28-10-18-20(21(28)29)19(16(8-24)12(2)25-18)15-5-4-13(22)7-17(15)23/h4,6-7,15H,5,8-10,24H2,1-3H3. The minimum absolute atomic E-state index is 0.0503. The summed E-state index contributed by atoms with van der Waals surface area (Å²) in [6, 6.07) is 1.99. The Bertz CT molecular complexity index is 1050. The van der Waals surface area contributed by atoms with Gasteiger partial charge < -0.3 is 10.6 Å². The van der Waals surface area contributed by atoms with Gasteiger partial charge in [-0.25, -0.2) is 0 Å². The van der Waals surface area contributed by atoms with Gasteiger partial charge in [0.25, 0.3) is 5.91 Å². The number of carbonyl (C=O) groups is 1. The van der Waals surface area contributed by atoms with E-state index in [2.05, 4.69) is 5.10 Å². The average molecular weight is 432 g/mol. The fraction of sp³-hybridized carbons (Fsp3) is 0.381. The first-order valence-corrected chi connectivity index (χ1v) is 10.3. The number of aromatic nitrogens is 3. The third kappa shape index (κ3) is 3.50. The zero-order valence-corrected chi connectivity index (χ0v) is 18.2. The minimum Gasteiger partial charge on any atom is -0.327 e. The Balaban J connectivity index is 1.76. The van der Waals surface area contributed by atoms with Gasteiger partial charge in [-0.15, -0.1) is 0 Å². The number of carbonyl (C=O) groups excluding carboxylic acids is 1. The van der Waals surface area contributed by atoms with Crippen LogP contribution in [0.2, 0.25) is 0 Å². The molecule has 2 aromatic rings. The number of pyridine rings is 1. The van der Waals surface area contributed by atoms with Crippen molar-refractivity contribution >= 4 is 29.1 Å². The number of allylic oxidation sites excluding steroid dienone is 4. The Kier molecular flexibility index (Phi) is 5.27. The van der Waals surface area contributed by atoms with E-state index >= 15 is 0 Å². The van der Waals surface area contributed by atoms with Crippen LogP contribution in [0.1, 0.15) is 56.6 Å². The Morgan fingerprint density at radius 2 is 2.07 bits per heavy atom. The largest absolute Gasteiger partial charge is 0.327 e. The van der Waals surface area contributed by atoms with Crippen LogP contribution in [0.5, 0.6) is 0 Å². The number of halogens is 2. The lowest BCUT2D eigenvalue weighted by Crippen LogP contribution is -2.25. The van der Waals surface area contributed by atoms with Crippen molar-refractivity contribution in [3.63, 3.8) is 0 Å². The monoisotopic (exact) mass is 431 g/mol. The van der Waals surface area contributed by atoms with E-state index in [0.717, 1.165) is 33.9 Å². The number of amides is 1. The Labute approximate surface area is 180 Å². The fourth-order valence-corrected chi connectivity index (χ4v) is 4.74. The second-order valence-corrected chi connectivity index (χ2v) is 8.46. The van der Waals surface area contributed by atoms with Crippen LogP contribution in [0, 0.1) is 13.8 Å². The van der Waals surface area contributed by atoms with Gasteiger partial charge in [-0.3, -0.25) is 14.5 Å². The third-order valence-corrected chi connectivity index (χ3v) is 6.33. The molecule has 0 radical (unpaired) electrons. The van der Waals surface area contributed by atoms with Crippen LogP contribution in [-0.4, -0.2) is 25.6 Å². The van der Waals surface area contributed by atoms with E-state index in [1.54, 1.807) is 11.0 Å². The Hall–Kier alpha value is -2.15. The van der Waals surface area contributed by atoms with Crippen LogP contribution in [0.3, 0.4) is 0 Å². The van der Waals surface area contributed by atoms with Gasteiger partial charge in [0, 0.05) is 41.0 Å². The highest BCUT2D eigenvalue weighted by atomic mass is 35.5. The second kappa shape index (κ2) is 7.59. The summed E-state index contributed by atoms with van der Waals surface area (Å²) in [7, 11) is 1.89. The summed E-state index contributed by atoms with van der Waals surface area (Å²) in [5.41, 5.74) is 12.0. The average Bonchev–Trinajstić information content (AvgIpc) is 3.13. The molecule has 2 N–H and O–H groups in total. The van der Waals surface area contributed by atoms with Gasteiger partial charge in [-0.1, -0.05) is 29.3 Å². The van der Waals surface area contributed by atoms with Gasteiger partial charge in [0.2, 0.25) is 0 Å². The van der Waals surface area contributed by atoms with E-state index < -0.39 is 0 Å². The van der Waals surface area contributed by atoms with Gasteiger partial charge in [0.05, 0.1) is 30.0 Å². The third-order valence-electron chi connectivity index (χ3n) is 5.69. The van der Waals surface area contributed by atoms with E-state index in [4.69, 9.17) is 33.9 Å².